The lowest BCUT2D eigenvalue weighted by Crippen LogP contribution is -2.42. The first-order valence-corrected chi connectivity index (χ1v) is 6.81. The van der Waals surface area contributed by atoms with Crippen molar-refractivity contribution in [2.45, 2.75) is 31.8 Å². The average molecular weight is 300 g/mol. The summed E-state index contributed by atoms with van der Waals surface area (Å²) in [5.74, 6) is -0.736. The largest absolute Gasteiger partial charge is 0.481 e. The summed E-state index contributed by atoms with van der Waals surface area (Å²) in [4.78, 5) is 17.2. The standard InChI is InChI=1S/C14H21N3O2.ClH/c18-14(19)4-8-16-12-5-9-17(10-6-12)11-13-3-1-2-7-15-13;/h1-3,7,12,16H,4-6,8-11H2,(H,18,19);1H. The zero-order valence-corrected chi connectivity index (χ0v) is 12.3. The van der Waals surface area contributed by atoms with Crippen LogP contribution in [0.3, 0.4) is 0 Å². The summed E-state index contributed by atoms with van der Waals surface area (Å²) in [5, 5.41) is 11.9. The SMILES string of the molecule is Cl.O=C(O)CCNC1CCN(Cc2ccccn2)CC1. The van der Waals surface area contributed by atoms with Gasteiger partial charge < -0.3 is 10.4 Å². The quantitative estimate of drug-likeness (QED) is 0.834. The number of nitrogens with one attached hydrogen (secondary N) is 1. The van der Waals surface area contributed by atoms with Gasteiger partial charge in [-0.1, -0.05) is 6.07 Å². The van der Waals surface area contributed by atoms with E-state index in [0.717, 1.165) is 38.2 Å². The zero-order valence-electron chi connectivity index (χ0n) is 11.5. The third-order valence-electron chi connectivity index (χ3n) is 3.47. The van der Waals surface area contributed by atoms with Gasteiger partial charge in [-0.2, -0.15) is 0 Å². The van der Waals surface area contributed by atoms with Crippen LogP contribution in [0.4, 0.5) is 0 Å². The van der Waals surface area contributed by atoms with Crippen molar-refractivity contribution >= 4 is 18.4 Å². The van der Waals surface area contributed by atoms with Crippen LogP contribution in [0.15, 0.2) is 24.4 Å². The molecule has 0 unspecified atom stereocenters. The number of carbonyl (C=O) groups is 1. The van der Waals surface area contributed by atoms with Crippen LogP contribution < -0.4 is 5.32 Å². The van der Waals surface area contributed by atoms with E-state index in [1.165, 1.54) is 0 Å². The summed E-state index contributed by atoms with van der Waals surface area (Å²) >= 11 is 0. The maximum Gasteiger partial charge on any atom is 0.304 e. The van der Waals surface area contributed by atoms with Crippen molar-refractivity contribution in [2.75, 3.05) is 19.6 Å². The van der Waals surface area contributed by atoms with Crippen LogP contribution in [0.5, 0.6) is 0 Å². The maximum atomic E-state index is 10.4. The molecule has 1 saturated heterocycles. The van der Waals surface area contributed by atoms with Gasteiger partial charge in [-0.05, 0) is 25.0 Å². The van der Waals surface area contributed by atoms with Gasteiger partial charge in [0.1, 0.15) is 0 Å². The van der Waals surface area contributed by atoms with E-state index in [1.54, 1.807) is 0 Å². The normalized spacial score (nSPS) is 16.6. The van der Waals surface area contributed by atoms with Gasteiger partial charge in [-0.3, -0.25) is 14.7 Å². The molecular weight excluding hydrogens is 278 g/mol. The predicted octanol–water partition coefficient (Wildman–Crippen LogP) is 1.53. The van der Waals surface area contributed by atoms with E-state index in [0.29, 0.717) is 12.6 Å². The number of rotatable bonds is 6. The molecule has 2 heterocycles. The van der Waals surface area contributed by atoms with E-state index in [9.17, 15) is 4.79 Å². The van der Waals surface area contributed by atoms with E-state index >= 15 is 0 Å². The monoisotopic (exact) mass is 299 g/mol. The summed E-state index contributed by atoms with van der Waals surface area (Å²) < 4.78 is 0. The molecule has 1 aromatic rings. The molecule has 0 bridgehead atoms. The van der Waals surface area contributed by atoms with Crippen LogP contribution in [0.1, 0.15) is 25.0 Å². The molecule has 0 atom stereocenters. The second-order valence-corrected chi connectivity index (χ2v) is 4.97. The van der Waals surface area contributed by atoms with E-state index in [2.05, 4.69) is 21.3 Å². The average Bonchev–Trinajstić information content (AvgIpc) is 2.42. The highest BCUT2D eigenvalue weighted by molar-refractivity contribution is 5.85. The molecule has 20 heavy (non-hydrogen) atoms. The molecule has 0 amide bonds. The minimum atomic E-state index is -0.736. The van der Waals surface area contributed by atoms with Crippen LogP contribution >= 0.6 is 12.4 Å². The molecule has 2 rings (SSSR count). The summed E-state index contributed by atoms with van der Waals surface area (Å²) in [5.41, 5.74) is 1.11. The second-order valence-electron chi connectivity index (χ2n) is 4.97. The molecule has 1 aliphatic heterocycles. The van der Waals surface area contributed by atoms with Crippen LogP contribution in [-0.4, -0.2) is 46.6 Å². The topological polar surface area (TPSA) is 65.5 Å². The Kier molecular flexibility index (Phi) is 7.51. The molecule has 112 valence electrons. The fourth-order valence-corrected chi connectivity index (χ4v) is 2.40. The van der Waals surface area contributed by atoms with Gasteiger partial charge in [-0.25, -0.2) is 0 Å². The summed E-state index contributed by atoms with van der Waals surface area (Å²) in [6, 6.07) is 6.46. The van der Waals surface area contributed by atoms with E-state index < -0.39 is 5.97 Å². The van der Waals surface area contributed by atoms with Gasteiger partial charge >= 0.3 is 5.97 Å². The molecule has 6 heteroatoms. The molecular formula is C14H22ClN3O2. The number of hydrogen-bond donors (Lipinski definition) is 2. The lowest BCUT2D eigenvalue weighted by atomic mass is 10.0. The molecule has 1 fully saturated rings. The Morgan fingerprint density at radius 1 is 1.40 bits per heavy atom. The molecule has 2 N–H and O–H groups in total. The number of hydrogen-bond acceptors (Lipinski definition) is 4. The number of carboxylic acids is 1. The molecule has 0 aromatic carbocycles. The lowest BCUT2D eigenvalue weighted by molar-refractivity contribution is -0.136. The third-order valence-corrected chi connectivity index (χ3v) is 3.47. The Hall–Kier alpha value is -1.17. The number of aromatic nitrogens is 1. The van der Waals surface area contributed by atoms with Gasteiger partial charge in [0.25, 0.3) is 0 Å². The molecule has 0 spiro atoms. The Balaban J connectivity index is 0.00000200. The van der Waals surface area contributed by atoms with E-state index in [1.807, 2.05) is 18.3 Å². The number of nitrogens with zero attached hydrogens (tertiary/aromatic N) is 2. The van der Waals surface area contributed by atoms with Crippen molar-refractivity contribution in [1.29, 1.82) is 0 Å². The molecule has 5 nitrogen and oxygen atoms in total. The van der Waals surface area contributed by atoms with E-state index in [-0.39, 0.29) is 18.8 Å². The first kappa shape index (κ1) is 16.9. The molecule has 0 saturated carbocycles. The summed E-state index contributed by atoms with van der Waals surface area (Å²) in [6.07, 6.45) is 4.18. The predicted molar refractivity (Wildman–Crippen MR) is 80.0 cm³/mol. The minimum absolute atomic E-state index is 0. The van der Waals surface area contributed by atoms with E-state index in [4.69, 9.17) is 5.11 Å². The van der Waals surface area contributed by atoms with Crippen molar-refractivity contribution in [2.24, 2.45) is 0 Å². The van der Waals surface area contributed by atoms with Crippen molar-refractivity contribution < 1.29 is 9.90 Å². The second kappa shape index (κ2) is 8.89. The Labute approximate surface area is 125 Å². The minimum Gasteiger partial charge on any atom is -0.481 e. The highest BCUT2D eigenvalue weighted by atomic mass is 35.5. The van der Waals surface area contributed by atoms with Gasteiger partial charge in [0, 0.05) is 38.4 Å². The first-order chi connectivity index (χ1) is 9.24. The van der Waals surface area contributed by atoms with Crippen molar-refractivity contribution in [3.8, 4) is 0 Å². The van der Waals surface area contributed by atoms with Gasteiger partial charge in [-0.15, -0.1) is 12.4 Å². The molecule has 0 radical (unpaired) electrons. The number of pyridine rings is 1. The van der Waals surface area contributed by atoms with Crippen molar-refractivity contribution in [3.63, 3.8) is 0 Å². The molecule has 1 aromatic heterocycles. The van der Waals surface area contributed by atoms with Gasteiger partial charge in [0.2, 0.25) is 0 Å². The highest BCUT2D eigenvalue weighted by Gasteiger charge is 2.18. The zero-order chi connectivity index (χ0) is 13.5. The smallest absolute Gasteiger partial charge is 0.304 e. The van der Waals surface area contributed by atoms with Crippen LogP contribution in [-0.2, 0) is 11.3 Å². The van der Waals surface area contributed by atoms with Gasteiger partial charge in [0.15, 0.2) is 0 Å². The number of carboxylic acid groups (broad SMARTS) is 1. The molecule has 1 aliphatic rings. The number of halogens is 1. The maximum absolute atomic E-state index is 10.4. The summed E-state index contributed by atoms with van der Waals surface area (Å²) in [7, 11) is 0. The van der Waals surface area contributed by atoms with Crippen molar-refractivity contribution in [3.05, 3.63) is 30.1 Å². The Morgan fingerprint density at radius 3 is 2.75 bits per heavy atom. The van der Waals surface area contributed by atoms with Gasteiger partial charge in [0.05, 0.1) is 12.1 Å². The molecule has 0 aliphatic carbocycles. The third kappa shape index (κ3) is 5.86. The fourth-order valence-electron chi connectivity index (χ4n) is 2.40. The number of likely N-dealkylation sites (tertiary alicyclic amines) is 1. The lowest BCUT2D eigenvalue weighted by Gasteiger charge is -2.32. The van der Waals surface area contributed by atoms with Crippen LogP contribution in [0, 0.1) is 0 Å². The fraction of sp³-hybridized carbons (Fsp3) is 0.571. The first-order valence-electron chi connectivity index (χ1n) is 6.81. The van der Waals surface area contributed by atoms with Crippen molar-refractivity contribution in [1.82, 2.24) is 15.2 Å². The number of aliphatic carboxylic acids is 1. The summed E-state index contributed by atoms with van der Waals surface area (Å²) in [6.45, 7) is 3.56. The van der Waals surface area contributed by atoms with Crippen LogP contribution in [0.2, 0.25) is 0 Å². The highest BCUT2D eigenvalue weighted by Crippen LogP contribution is 2.12. The Morgan fingerprint density at radius 2 is 2.15 bits per heavy atom. The number of piperidine rings is 1. The Bertz CT molecular complexity index is 395. The van der Waals surface area contributed by atoms with Crippen LogP contribution in [0.25, 0.3) is 0 Å².